The molecule has 0 spiro atoms. The van der Waals surface area contributed by atoms with Crippen LogP contribution in [0.1, 0.15) is 24.1 Å². The van der Waals surface area contributed by atoms with Gasteiger partial charge in [-0.25, -0.2) is 0 Å². The molecule has 0 aliphatic carbocycles. The van der Waals surface area contributed by atoms with E-state index in [0.717, 1.165) is 49.9 Å². The van der Waals surface area contributed by atoms with Crippen LogP contribution in [0.2, 0.25) is 5.02 Å². The Morgan fingerprint density at radius 3 is 2.38 bits per heavy atom. The molecule has 3 rings (SSSR count). The van der Waals surface area contributed by atoms with Crippen molar-refractivity contribution in [3.8, 4) is 0 Å². The number of piperazine rings is 1. The number of halogens is 1. The monoisotopic (exact) mass is 415 g/mol. The van der Waals surface area contributed by atoms with E-state index in [9.17, 15) is 4.79 Å². The summed E-state index contributed by atoms with van der Waals surface area (Å²) >= 11 is 5.95. The highest BCUT2D eigenvalue weighted by molar-refractivity contribution is 6.30. The summed E-state index contributed by atoms with van der Waals surface area (Å²) in [5.74, 6) is -0.0749. The summed E-state index contributed by atoms with van der Waals surface area (Å²) in [6.07, 6.45) is 0. The third-order valence-electron chi connectivity index (χ3n) is 5.25. The summed E-state index contributed by atoms with van der Waals surface area (Å²) < 4.78 is 5.59. The van der Waals surface area contributed by atoms with Crippen LogP contribution in [0.4, 0.5) is 0 Å². The molecule has 1 N–H and O–H groups in total. The largest absolute Gasteiger partial charge is 0.370 e. The number of amides is 1. The van der Waals surface area contributed by atoms with Crippen molar-refractivity contribution >= 4 is 17.5 Å². The van der Waals surface area contributed by atoms with Crippen molar-refractivity contribution in [2.45, 2.75) is 19.5 Å². The van der Waals surface area contributed by atoms with Gasteiger partial charge in [0, 0.05) is 44.3 Å². The maximum atomic E-state index is 12.1. The van der Waals surface area contributed by atoms with Gasteiger partial charge in [-0.1, -0.05) is 54.1 Å². The quantitative estimate of drug-likeness (QED) is 0.638. The Morgan fingerprint density at radius 2 is 1.69 bits per heavy atom. The fraction of sp³-hybridized carbons (Fsp3) is 0.435. The molecule has 1 aliphatic rings. The summed E-state index contributed by atoms with van der Waals surface area (Å²) in [4.78, 5) is 16.9. The normalized spacial score (nSPS) is 16.5. The number of nitrogens with one attached hydrogen (secondary N) is 1. The highest BCUT2D eigenvalue weighted by Crippen LogP contribution is 2.13. The van der Waals surface area contributed by atoms with Gasteiger partial charge in [-0.15, -0.1) is 0 Å². The van der Waals surface area contributed by atoms with E-state index in [1.54, 1.807) is 0 Å². The molecule has 0 radical (unpaired) electrons. The van der Waals surface area contributed by atoms with E-state index < -0.39 is 0 Å². The summed E-state index contributed by atoms with van der Waals surface area (Å²) in [5.41, 5.74) is 2.39. The van der Waals surface area contributed by atoms with Gasteiger partial charge in [0.2, 0.25) is 5.91 Å². The lowest BCUT2D eigenvalue weighted by atomic mass is 10.1. The van der Waals surface area contributed by atoms with Crippen LogP contribution < -0.4 is 5.32 Å². The van der Waals surface area contributed by atoms with Crippen molar-refractivity contribution < 1.29 is 9.53 Å². The predicted octanol–water partition coefficient (Wildman–Crippen LogP) is 3.35. The van der Waals surface area contributed by atoms with Gasteiger partial charge < -0.3 is 10.1 Å². The van der Waals surface area contributed by atoms with E-state index in [0.29, 0.717) is 6.61 Å². The molecule has 1 saturated heterocycles. The highest BCUT2D eigenvalue weighted by atomic mass is 35.5. The maximum absolute atomic E-state index is 12.1. The number of hydrogen-bond donors (Lipinski definition) is 1. The average Bonchev–Trinajstić information content (AvgIpc) is 2.74. The van der Waals surface area contributed by atoms with Crippen LogP contribution in [0.5, 0.6) is 0 Å². The van der Waals surface area contributed by atoms with Crippen LogP contribution >= 0.6 is 11.6 Å². The molecule has 1 amide bonds. The van der Waals surface area contributed by atoms with Crippen LogP contribution in [0.15, 0.2) is 54.6 Å². The highest BCUT2D eigenvalue weighted by Gasteiger charge is 2.17. The Morgan fingerprint density at radius 1 is 1.03 bits per heavy atom. The first-order valence-corrected chi connectivity index (χ1v) is 10.6. The van der Waals surface area contributed by atoms with Gasteiger partial charge in [0.25, 0.3) is 0 Å². The number of hydrogen-bond acceptors (Lipinski definition) is 4. The smallest absolute Gasteiger partial charge is 0.246 e. The first kappa shape index (κ1) is 21.8. The molecular weight excluding hydrogens is 386 g/mol. The molecule has 29 heavy (non-hydrogen) atoms. The van der Waals surface area contributed by atoms with Crippen LogP contribution in [-0.4, -0.2) is 61.6 Å². The Kier molecular flexibility index (Phi) is 8.50. The molecule has 1 fully saturated rings. The number of carbonyl (C=O) groups excluding carboxylic acids is 1. The van der Waals surface area contributed by atoms with Gasteiger partial charge in [0.05, 0.1) is 12.6 Å². The molecule has 2 aromatic carbocycles. The molecule has 1 heterocycles. The number of rotatable bonds is 9. The molecule has 2 aromatic rings. The van der Waals surface area contributed by atoms with Crippen molar-refractivity contribution in [2.24, 2.45) is 0 Å². The van der Waals surface area contributed by atoms with E-state index in [-0.39, 0.29) is 18.6 Å². The molecule has 1 unspecified atom stereocenters. The van der Waals surface area contributed by atoms with E-state index in [1.165, 1.54) is 5.56 Å². The average molecular weight is 416 g/mol. The topological polar surface area (TPSA) is 44.8 Å². The van der Waals surface area contributed by atoms with Gasteiger partial charge >= 0.3 is 0 Å². The number of ether oxygens (including phenoxy) is 1. The predicted molar refractivity (Wildman–Crippen MR) is 117 cm³/mol. The number of benzene rings is 2. The Bertz CT molecular complexity index is 746. The maximum Gasteiger partial charge on any atom is 0.246 e. The molecule has 0 aromatic heterocycles. The Balaban J connectivity index is 1.27. The molecule has 0 bridgehead atoms. The minimum atomic E-state index is -0.0749. The lowest BCUT2D eigenvalue weighted by Gasteiger charge is -2.34. The van der Waals surface area contributed by atoms with E-state index in [1.807, 2.05) is 49.4 Å². The molecule has 6 heteroatoms. The van der Waals surface area contributed by atoms with Crippen molar-refractivity contribution in [1.29, 1.82) is 0 Å². The minimum absolute atomic E-state index is 0.0129. The molecule has 5 nitrogen and oxygen atoms in total. The summed E-state index contributed by atoms with van der Waals surface area (Å²) in [6, 6.07) is 18.0. The molecular formula is C23H30ClN3O2. The van der Waals surface area contributed by atoms with Gasteiger partial charge in [-0.2, -0.15) is 0 Å². The minimum Gasteiger partial charge on any atom is -0.370 e. The third kappa shape index (κ3) is 7.44. The van der Waals surface area contributed by atoms with Crippen LogP contribution in [0.25, 0.3) is 0 Å². The lowest BCUT2D eigenvalue weighted by Crippen LogP contribution is -2.46. The summed E-state index contributed by atoms with van der Waals surface area (Å²) in [7, 11) is 0. The number of nitrogens with zero attached hydrogens (tertiary/aromatic N) is 2. The van der Waals surface area contributed by atoms with Crippen LogP contribution in [-0.2, 0) is 16.1 Å². The second kappa shape index (κ2) is 11.3. The van der Waals surface area contributed by atoms with Gasteiger partial charge in [-0.3, -0.25) is 14.6 Å². The van der Waals surface area contributed by atoms with Gasteiger partial charge in [-0.05, 0) is 30.2 Å². The SMILES string of the molecule is CC(NC(=O)COCCN1CCN(Cc2ccc(Cl)cc2)CC1)c1ccccc1. The zero-order valence-electron chi connectivity index (χ0n) is 17.0. The van der Waals surface area contributed by atoms with Gasteiger partial charge in [0.15, 0.2) is 0 Å². The fourth-order valence-electron chi connectivity index (χ4n) is 3.49. The van der Waals surface area contributed by atoms with Gasteiger partial charge in [0.1, 0.15) is 6.61 Å². The third-order valence-corrected chi connectivity index (χ3v) is 5.50. The number of carbonyl (C=O) groups is 1. The molecule has 1 aliphatic heterocycles. The van der Waals surface area contributed by atoms with Crippen LogP contribution in [0, 0.1) is 0 Å². The van der Waals surface area contributed by atoms with Crippen molar-refractivity contribution in [3.05, 3.63) is 70.7 Å². The first-order chi connectivity index (χ1) is 14.1. The van der Waals surface area contributed by atoms with Crippen molar-refractivity contribution in [2.75, 3.05) is 45.9 Å². The van der Waals surface area contributed by atoms with Crippen molar-refractivity contribution in [1.82, 2.24) is 15.1 Å². The Labute approximate surface area is 178 Å². The first-order valence-electron chi connectivity index (χ1n) is 10.2. The van der Waals surface area contributed by atoms with Crippen molar-refractivity contribution in [3.63, 3.8) is 0 Å². The zero-order valence-corrected chi connectivity index (χ0v) is 17.8. The fourth-order valence-corrected chi connectivity index (χ4v) is 3.61. The van der Waals surface area contributed by atoms with E-state index in [2.05, 4.69) is 27.2 Å². The lowest BCUT2D eigenvalue weighted by molar-refractivity contribution is -0.126. The molecule has 156 valence electrons. The molecule has 1 atom stereocenters. The second-order valence-corrected chi connectivity index (χ2v) is 7.93. The summed E-state index contributed by atoms with van der Waals surface area (Å²) in [5, 5.41) is 3.75. The Hall–Kier alpha value is -1.92. The summed E-state index contributed by atoms with van der Waals surface area (Å²) in [6.45, 7) is 8.60. The second-order valence-electron chi connectivity index (χ2n) is 7.50. The zero-order chi connectivity index (χ0) is 20.5. The van der Waals surface area contributed by atoms with E-state index >= 15 is 0 Å². The van der Waals surface area contributed by atoms with Crippen LogP contribution in [0.3, 0.4) is 0 Å². The van der Waals surface area contributed by atoms with E-state index in [4.69, 9.17) is 16.3 Å². The molecule has 0 saturated carbocycles. The standard InChI is InChI=1S/C23H30ClN3O2/c1-19(21-5-3-2-4-6-21)25-23(28)18-29-16-15-26-11-13-27(14-12-26)17-20-7-9-22(24)10-8-20/h2-10,19H,11-18H2,1H3,(H,25,28).